The predicted molar refractivity (Wildman–Crippen MR) is 41.8 cm³/mol. The van der Waals surface area contributed by atoms with Crippen molar-refractivity contribution in [2.24, 2.45) is 0 Å². The Morgan fingerprint density at radius 3 is 3.00 bits per heavy atom. The highest BCUT2D eigenvalue weighted by atomic mass is 16.6. The molecule has 0 aliphatic heterocycles. The molecule has 1 rings (SSSR count). The van der Waals surface area contributed by atoms with E-state index < -0.39 is 5.82 Å². The van der Waals surface area contributed by atoms with Crippen LogP contribution in [-0.2, 0) is 11.3 Å². The average Bonchev–Trinajstić information content (AvgIpc) is 2.45. The summed E-state index contributed by atoms with van der Waals surface area (Å²) >= 11 is 0. The van der Waals surface area contributed by atoms with E-state index in [-0.39, 0.29) is 0 Å². The lowest BCUT2D eigenvalue weighted by Gasteiger charge is -1.97. The third-order valence-electron chi connectivity index (χ3n) is 1.39. The zero-order chi connectivity index (χ0) is 8.81. The summed E-state index contributed by atoms with van der Waals surface area (Å²) in [7, 11) is 0. The van der Waals surface area contributed by atoms with Crippen molar-refractivity contribution in [3.05, 3.63) is 22.6 Å². The van der Waals surface area contributed by atoms with Crippen LogP contribution in [0.15, 0.2) is 19.9 Å². The van der Waals surface area contributed by atoms with Crippen molar-refractivity contribution in [2.75, 3.05) is 6.61 Å². The van der Waals surface area contributed by atoms with Crippen LogP contribution >= 0.6 is 0 Å². The lowest BCUT2D eigenvalue weighted by molar-refractivity contribution is 0.102. The van der Waals surface area contributed by atoms with Crippen LogP contribution in [0.4, 0.5) is 0 Å². The van der Waals surface area contributed by atoms with Crippen molar-refractivity contribution in [3.63, 3.8) is 0 Å². The van der Waals surface area contributed by atoms with E-state index in [2.05, 4.69) is 15.8 Å². The Kier molecular flexibility index (Phi) is 3.60. The highest BCUT2D eigenvalue weighted by Gasteiger charge is 1.99. The molecule has 4 nitrogen and oxygen atoms in total. The second-order valence-corrected chi connectivity index (χ2v) is 2.46. The number of hydrogen-bond donors (Lipinski definition) is 0. The molecular formula is C8H12O4. The van der Waals surface area contributed by atoms with Gasteiger partial charge in [-0.25, -0.2) is 4.79 Å². The third-order valence-corrected chi connectivity index (χ3v) is 1.39. The first kappa shape index (κ1) is 9.06. The second-order valence-electron chi connectivity index (χ2n) is 2.46. The molecule has 68 valence electrons. The molecule has 0 spiro atoms. The van der Waals surface area contributed by atoms with Gasteiger partial charge in [-0.05, 0) is 6.42 Å². The van der Waals surface area contributed by atoms with E-state index in [0.717, 1.165) is 12.8 Å². The second kappa shape index (κ2) is 4.77. The minimum atomic E-state index is -0.677. The molecule has 12 heavy (non-hydrogen) atoms. The molecule has 1 heterocycles. The third kappa shape index (κ3) is 2.92. The van der Waals surface area contributed by atoms with Crippen molar-refractivity contribution in [1.82, 2.24) is 0 Å². The Morgan fingerprint density at radius 2 is 2.42 bits per heavy atom. The molecule has 0 bridgehead atoms. The normalized spacial score (nSPS) is 10.4. The molecule has 0 aromatic carbocycles. The van der Waals surface area contributed by atoms with Gasteiger partial charge in [0.15, 0.2) is 5.76 Å². The molecule has 0 unspecified atom stereocenters. The van der Waals surface area contributed by atoms with E-state index in [1.807, 2.05) is 0 Å². The van der Waals surface area contributed by atoms with Gasteiger partial charge in [-0.3, -0.25) is 0 Å². The fourth-order valence-corrected chi connectivity index (χ4v) is 0.752. The summed E-state index contributed by atoms with van der Waals surface area (Å²) in [6.07, 6.45) is 3.38. The first-order valence-corrected chi connectivity index (χ1v) is 3.98. The van der Waals surface area contributed by atoms with E-state index in [1.165, 1.54) is 6.26 Å². The Hall–Kier alpha value is -1.03. The van der Waals surface area contributed by atoms with Crippen LogP contribution in [0.1, 0.15) is 25.5 Å². The molecular weight excluding hydrogens is 160 g/mol. The summed E-state index contributed by atoms with van der Waals surface area (Å²) in [5, 5.41) is 0. The molecule has 0 saturated carbocycles. The standard InChI is InChI=1S/C8H12O4/c1-2-3-4-10-5-7-6-11-8(9)12-7/h6H,2-5H2,1H3. The predicted octanol–water partition coefficient (Wildman–Crippen LogP) is 1.55. The first-order valence-electron chi connectivity index (χ1n) is 3.98. The van der Waals surface area contributed by atoms with Crippen molar-refractivity contribution in [3.8, 4) is 0 Å². The molecule has 1 aromatic heterocycles. The Labute approximate surface area is 70.1 Å². The molecule has 0 atom stereocenters. The number of rotatable bonds is 5. The van der Waals surface area contributed by atoms with Crippen LogP contribution < -0.4 is 5.82 Å². The van der Waals surface area contributed by atoms with Crippen molar-refractivity contribution < 1.29 is 13.6 Å². The number of unbranched alkanes of at least 4 members (excludes halogenated alkanes) is 1. The Morgan fingerprint density at radius 1 is 1.58 bits per heavy atom. The molecule has 0 fully saturated rings. The molecule has 0 saturated heterocycles. The maximum absolute atomic E-state index is 10.4. The highest BCUT2D eigenvalue weighted by Crippen LogP contribution is 1.98. The van der Waals surface area contributed by atoms with Crippen molar-refractivity contribution >= 4 is 0 Å². The Bertz CT molecular complexity index is 260. The summed E-state index contributed by atoms with van der Waals surface area (Å²) in [6, 6.07) is 0. The summed E-state index contributed by atoms with van der Waals surface area (Å²) in [5.41, 5.74) is 0. The maximum Gasteiger partial charge on any atom is 0.518 e. The lowest BCUT2D eigenvalue weighted by atomic mass is 10.4. The van der Waals surface area contributed by atoms with E-state index in [9.17, 15) is 4.79 Å². The van der Waals surface area contributed by atoms with Gasteiger partial charge in [0.2, 0.25) is 0 Å². The minimum absolute atomic E-state index is 0.311. The topological polar surface area (TPSA) is 52.6 Å². The summed E-state index contributed by atoms with van der Waals surface area (Å²) < 4.78 is 14.2. The van der Waals surface area contributed by atoms with E-state index in [4.69, 9.17) is 4.74 Å². The van der Waals surface area contributed by atoms with Gasteiger partial charge in [-0.15, -0.1) is 0 Å². The zero-order valence-corrected chi connectivity index (χ0v) is 7.04. The number of hydrogen-bond acceptors (Lipinski definition) is 4. The fourth-order valence-electron chi connectivity index (χ4n) is 0.752. The largest absolute Gasteiger partial charge is 0.518 e. The molecule has 0 amide bonds. The molecule has 1 aromatic rings. The van der Waals surface area contributed by atoms with E-state index >= 15 is 0 Å². The highest BCUT2D eigenvalue weighted by molar-refractivity contribution is 4.81. The van der Waals surface area contributed by atoms with Gasteiger partial charge in [0.25, 0.3) is 0 Å². The zero-order valence-electron chi connectivity index (χ0n) is 7.04. The summed E-state index contributed by atoms with van der Waals surface area (Å²) in [6.45, 7) is 3.08. The van der Waals surface area contributed by atoms with Crippen LogP contribution in [0, 0.1) is 0 Å². The average molecular weight is 172 g/mol. The van der Waals surface area contributed by atoms with Gasteiger partial charge in [0, 0.05) is 6.61 Å². The maximum atomic E-state index is 10.4. The van der Waals surface area contributed by atoms with Gasteiger partial charge in [-0.1, -0.05) is 13.3 Å². The van der Waals surface area contributed by atoms with Gasteiger partial charge >= 0.3 is 5.82 Å². The Balaban J connectivity index is 2.20. The SMILES string of the molecule is CCCCOCc1coc(=O)o1. The minimum Gasteiger partial charge on any atom is -0.399 e. The number of ether oxygens (including phenoxy) is 1. The monoisotopic (exact) mass is 172 g/mol. The fraction of sp³-hybridized carbons (Fsp3) is 0.625. The molecule has 0 aliphatic rings. The summed E-state index contributed by atoms with van der Waals surface area (Å²) in [5.74, 6) is -0.236. The van der Waals surface area contributed by atoms with Gasteiger partial charge in [-0.2, -0.15) is 0 Å². The van der Waals surface area contributed by atoms with Crippen molar-refractivity contribution in [1.29, 1.82) is 0 Å². The molecule has 4 heteroatoms. The lowest BCUT2D eigenvalue weighted by Crippen LogP contribution is -1.94. The van der Waals surface area contributed by atoms with Crippen molar-refractivity contribution in [2.45, 2.75) is 26.4 Å². The van der Waals surface area contributed by atoms with Gasteiger partial charge < -0.3 is 13.6 Å². The van der Waals surface area contributed by atoms with Gasteiger partial charge in [0.05, 0.1) is 0 Å². The molecule has 0 aliphatic carbocycles. The van der Waals surface area contributed by atoms with Crippen LogP contribution in [0.5, 0.6) is 0 Å². The molecule has 0 radical (unpaired) electrons. The first-order chi connectivity index (χ1) is 5.83. The quantitative estimate of drug-likeness (QED) is 0.632. The molecule has 0 N–H and O–H groups in total. The van der Waals surface area contributed by atoms with Crippen LogP contribution in [0.3, 0.4) is 0 Å². The van der Waals surface area contributed by atoms with E-state index in [1.54, 1.807) is 0 Å². The smallest absolute Gasteiger partial charge is 0.399 e. The van der Waals surface area contributed by atoms with Crippen LogP contribution in [0.25, 0.3) is 0 Å². The summed E-state index contributed by atoms with van der Waals surface area (Å²) in [4.78, 5) is 10.4. The van der Waals surface area contributed by atoms with Crippen LogP contribution in [-0.4, -0.2) is 6.61 Å². The van der Waals surface area contributed by atoms with Crippen LogP contribution in [0.2, 0.25) is 0 Å². The van der Waals surface area contributed by atoms with Gasteiger partial charge in [0.1, 0.15) is 12.9 Å². The van der Waals surface area contributed by atoms with E-state index in [0.29, 0.717) is 19.0 Å².